The zero-order chi connectivity index (χ0) is 15.6. The van der Waals surface area contributed by atoms with Crippen LogP contribution < -0.4 is 5.32 Å². The van der Waals surface area contributed by atoms with E-state index in [-0.39, 0.29) is 23.1 Å². The van der Waals surface area contributed by atoms with E-state index >= 15 is 0 Å². The van der Waals surface area contributed by atoms with Crippen LogP contribution in [-0.2, 0) is 20.7 Å². The summed E-state index contributed by atoms with van der Waals surface area (Å²) in [7, 11) is 1.64. The minimum Gasteiger partial charge on any atom is -0.384 e. The molecule has 1 spiro atoms. The molecule has 0 unspecified atom stereocenters. The van der Waals surface area contributed by atoms with Gasteiger partial charge in [-0.1, -0.05) is 6.07 Å². The third-order valence-electron chi connectivity index (χ3n) is 5.02. The number of methoxy groups -OCH3 is 1. The van der Waals surface area contributed by atoms with E-state index in [9.17, 15) is 9.59 Å². The van der Waals surface area contributed by atoms with Crippen LogP contribution >= 0.6 is 11.3 Å². The van der Waals surface area contributed by atoms with Crippen LogP contribution in [0.1, 0.15) is 17.7 Å². The molecule has 5 nitrogen and oxygen atoms in total. The molecule has 0 aliphatic carbocycles. The Morgan fingerprint density at radius 3 is 2.91 bits per heavy atom. The number of amides is 2. The Balaban J connectivity index is 1.60. The zero-order valence-corrected chi connectivity index (χ0v) is 13.7. The van der Waals surface area contributed by atoms with E-state index in [0.717, 1.165) is 30.8 Å². The molecular weight excluding hydrogens is 300 g/mol. The summed E-state index contributed by atoms with van der Waals surface area (Å²) in [6.07, 6.45) is 2.23. The van der Waals surface area contributed by atoms with Crippen LogP contribution in [0.3, 0.4) is 0 Å². The number of ether oxygens (including phenoxy) is 1. The smallest absolute Gasteiger partial charge is 0.227 e. The van der Waals surface area contributed by atoms with Crippen LogP contribution in [0.2, 0.25) is 0 Å². The first-order chi connectivity index (χ1) is 10.6. The highest BCUT2D eigenvalue weighted by Gasteiger charge is 2.49. The average Bonchev–Trinajstić information content (AvgIpc) is 3.12. The number of nitrogens with zero attached hydrogens (tertiary/aromatic N) is 1. The molecule has 1 aromatic rings. The summed E-state index contributed by atoms with van der Waals surface area (Å²) in [5.41, 5.74) is -0.0349. The van der Waals surface area contributed by atoms with Crippen molar-refractivity contribution in [2.45, 2.75) is 19.3 Å². The maximum Gasteiger partial charge on any atom is 0.227 e. The summed E-state index contributed by atoms with van der Waals surface area (Å²) >= 11 is 1.62. The van der Waals surface area contributed by atoms with Gasteiger partial charge in [0.1, 0.15) is 0 Å². The van der Waals surface area contributed by atoms with Crippen LogP contribution in [0.25, 0.3) is 0 Å². The lowest BCUT2D eigenvalue weighted by atomic mass is 9.71. The fourth-order valence-corrected chi connectivity index (χ4v) is 4.30. The molecule has 0 bridgehead atoms. The maximum atomic E-state index is 12.4. The molecule has 2 aliphatic rings. The maximum absolute atomic E-state index is 12.4. The molecule has 1 atom stereocenters. The highest BCUT2D eigenvalue weighted by atomic mass is 32.1. The number of hydrogen-bond donors (Lipinski definition) is 1. The van der Waals surface area contributed by atoms with Crippen LogP contribution in [0.5, 0.6) is 0 Å². The van der Waals surface area contributed by atoms with Crippen molar-refractivity contribution < 1.29 is 14.3 Å². The molecule has 22 heavy (non-hydrogen) atoms. The zero-order valence-electron chi connectivity index (χ0n) is 12.8. The Bertz CT molecular complexity index is 536. The topological polar surface area (TPSA) is 58.6 Å². The van der Waals surface area contributed by atoms with Crippen molar-refractivity contribution in [3.63, 3.8) is 0 Å². The van der Waals surface area contributed by atoms with Gasteiger partial charge < -0.3 is 15.0 Å². The molecule has 1 N–H and O–H groups in total. The highest BCUT2D eigenvalue weighted by Crippen LogP contribution is 2.42. The average molecular weight is 322 g/mol. The summed E-state index contributed by atoms with van der Waals surface area (Å²) in [5.74, 6) is 0.213. The first kappa shape index (κ1) is 15.5. The molecule has 2 aliphatic heterocycles. The Morgan fingerprint density at radius 1 is 1.50 bits per heavy atom. The summed E-state index contributed by atoms with van der Waals surface area (Å²) in [4.78, 5) is 27.4. The second-order valence-electron chi connectivity index (χ2n) is 6.23. The molecule has 120 valence electrons. The number of likely N-dealkylation sites (tertiary alicyclic amines) is 1. The molecule has 3 heterocycles. The van der Waals surface area contributed by atoms with E-state index in [1.165, 1.54) is 0 Å². The second-order valence-corrected chi connectivity index (χ2v) is 7.26. The number of rotatable bonds is 4. The quantitative estimate of drug-likeness (QED) is 0.909. The molecule has 1 aromatic heterocycles. The van der Waals surface area contributed by atoms with Crippen molar-refractivity contribution in [3.05, 3.63) is 22.4 Å². The van der Waals surface area contributed by atoms with Gasteiger partial charge in [0.15, 0.2) is 0 Å². The normalized spacial score (nSPS) is 23.8. The van der Waals surface area contributed by atoms with Crippen molar-refractivity contribution in [1.29, 1.82) is 0 Å². The predicted molar refractivity (Wildman–Crippen MR) is 84.6 cm³/mol. The number of nitrogens with one attached hydrogen (secondary N) is 1. The highest BCUT2D eigenvalue weighted by molar-refractivity contribution is 7.10. The van der Waals surface area contributed by atoms with Gasteiger partial charge in [-0.25, -0.2) is 0 Å². The van der Waals surface area contributed by atoms with Crippen LogP contribution in [0, 0.1) is 11.3 Å². The van der Waals surface area contributed by atoms with Gasteiger partial charge in [0, 0.05) is 37.0 Å². The molecule has 2 amide bonds. The molecule has 2 saturated heterocycles. The number of carbonyl (C=O) groups excluding carboxylic acids is 2. The van der Waals surface area contributed by atoms with Crippen molar-refractivity contribution in [3.8, 4) is 0 Å². The fraction of sp³-hybridized carbons (Fsp3) is 0.625. The minimum absolute atomic E-state index is 0.0349. The first-order valence-electron chi connectivity index (χ1n) is 7.71. The van der Waals surface area contributed by atoms with E-state index in [1.54, 1.807) is 18.4 Å². The van der Waals surface area contributed by atoms with Crippen LogP contribution in [-0.4, -0.2) is 50.1 Å². The third kappa shape index (κ3) is 2.90. The van der Waals surface area contributed by atoms with Gasteiger partial charge in [0.2, 0.25) is 11.8 Å². The van der Waals surface area contributed by atoms with E-state index in [0.29, 0.717) is 19.6 Å². The predicted octanol–water partition coefficient (Wildman–Crippen LogP) is 1.29. The third-order valence-corrected chi connectivity index (χ3v) is 5.90. The monoisotopic (exact) mass is 322 g/mol. The standard InChI is InChI=1S/C16H22N2O3S/c1-21-10-13-15(20)17-11-16(13)4-6-18(7-5-16)14(19)9-12-3-2-8-22-12/h2-3,8,13H,4-7,9-11H2,1H3,(H,17,20)/t13-/m0/s1. The van der Waals surface area contributed by atoms with Gasteiger partial charge in [-0.2, -0.15) is 0 Å². The number of hydrogen-bond acceptors (Lipinski definition) is 4. The fourth-order valence-electron chi connectivity index (χ4n) is 3.61. The van der Waals surface area contributed by atoms with Crippen LogP contribution in [0.4, 0.5) is 0 Å². The minimum atomic E-state index is -0.0768. The Morgan fingerprint density at radius 2 is 2.27 bits per heavy atom. The van der Waals surface area contributed by atoms with E-state index in [2.05, 4.69) is 5.32 Å². The van der Waals surface area contributed by atoms with Crippen molar-refractivity contribution in [2.24, 2.45) is 11.3 Å². The molecule has 6 heteroatoms. The van der Waals surface area contributed by atoms with E-state index in [1.807, 2.05) is 22.4 Å². The number of thiophene rings is 1. The van der Waals surface area contributed by atoms with Gasteiger partial charge in [-0.05, 0) is 24.3 Å². The Kier molecular flexibility index (Phi) is 4.49. The van der Waals surface area contributed by atoms with E-state index in [4.69, 9.17) is 4.74 Å². The van der Waals surface area contributed by atoms with Gasteiger partial charge in [0.25, 0.3) is 0 Å². The van der Waals surface area contributed by atoms with Gasteiger partial charge in [-0.15, -0.1) is 11.3 Å². The van der Waals surface area contributed by atoms with E-state index < -0.39 is 0 Å². The van der Waals surface area contributed by atoms with Crippen LogP contribution in [0.15, 0.2) is 17.5 Å². The largest absolute Gasteiger partial charge is 0.384 e. The lowest BCUT2D eigenvalue weighted by Gasteiger charge is -2.41. The first-order valence-corrected chi connectivity index (χ1v) is 8.59. The molecule has 0 aromatic carbocycles. The lowest BCUT2D eigenvalue weighted by Crippen LogP contribution is -2.47. The second kappa shape index (κ2) is 6.38. The summed E-state index contributed by atoms with van der Waals surface area (Å²) < 4.78 is 5.23. The molecule has 0 radical (unpaired) electrons. The van der Waals surface area contributed by atoms with Crippen molar-refractivity contribution in [1.82, 2.24) is 10.2 Å². The molecule has 3 rings (SSSR count). The molecule has 2 fully saturated rings. The van der Waals surface area contributed by atoms with Gasteiger partial charge >= 0.3 is 0 Å². The Labute approximate surface area is 134 Å². The summed E-state index contributed by atoms with van der Waals surface area (Å²) in [5, 5.41) is 4.97. The molecule has 0 saturated carbocycles. The summed E-state index contributed by atoms with van der Waals surface area (Å²) in [6.45, 7) is 2.65. The SMILES string of the molecule is COC[C@H]1C(=O)NCC12CCN(C(=O)Cc1cccs1)CC2. The summed E-state index contributed by atoms with van der Waals surface area (Å²) in [6, 6.07) is 3.98. The van der Waals surface area contributed by atoms with Crippen molar-refractivity contribution in [2.75, 3.05) is 33.4 Å². The lowest BCUT2D eigenvalue weighted by molar-refractivity contribution is -0.134. The van der Waals surface area contributed by atoms with Gasteiger partial charge in [-0.3, -0.25) is 9.59 Å². The Hall–Kier alpha value is -1.40. The number of carbonyl (C=O) groups is 2. The van der Waals surface area contributed by atoms with Gasteiger partial charge in [0.05, 0.1) is 18.9 Å². The molecular formula is C16H22N2O3S. The van der Waals surface area contributed by atoms with Crippen molar-refractivity contribution >= 4 is 23.2 Å². The number of piperidine rings is 1.